The molecule has 0 atom stereocenters. The van der Waals surface area contributed by atoms with Gasteiger partial charge in [-0.1, -0.05) is 18.2 Å². The number of amides is 1. The molecule has 0 aliphatic carbocycles. The van der Waals surface area contributed by atoms with Crippen LogP contribution in [0.3, 0.4) is 0 Å². The van der Waals surface area contributed by atoms with E-state index in [1.54, 1.807) is 25.2 Å². The second-order valence-electron chi connectivity index (χ2n) is 6.97. The average molecular weight is 403 g/mol. The summed E-state index contributed by atoms with van der Waals surface area (Å²) in [6, 6.07) is 16.0. The Morgan fingerprint density at radius 1 is 1.03 bits per heavy atom. The van der Waals surface area contributed by atoms with Gasteiger partial charge >= 0.3 is 0 Å². The van der Waals surface area contributed by atoms with Crippen molar-refractivity contribution in [3.63, 3.8) is 0 Å². The predicted octanol–water partition coefficient (Wildman–Crippen LogP) is 4.09. The molecule has 0 saturated carbocycles. The van der Waals surface area contributed by atoms with Gasteiger partial charge in [0.1, 0.15) is 5.75 Å². The lowest BCUT2D eigenvalue weighted by molar-refractivity contribution is 0.0988. The van der Waals surface area contributed by atoms with Crippen molar-refractivity contribution in [1.29, 1.82) is 0 Å². The zero-order valence-electron chi connectivity index (χ0n) is 16.7. The van der Waals surface area contributed by atoms with Gasteiger partial charge in [0, 0.05) is 17.8 Å². The van der Waals surface area contributed by atoms with Gasteiger partial charge in [0.15, 0.2) is 17.8 Å². The average Bonchev–Trinajstić information content (AvgIpc) is 3.22. The zero-order valence-corrected chi connectivity index (χ0v) is 16.7. The molecular formula is C24H21NO5. The summed E-state index contributed by atoms with van der Waals surface area (Å²) < 4.78 is 10.8. The van der Waals surface area contributed by atoms with Gasteiger partial charge in [-0.05, 0) is 59.5 Å². The van der Waals surface area contributed by atoms with Crippen molar-refractivity contribution < 1.29 is 24.2 Å². The normalized spacial score (nSPS) is 12.4. The lowest BCUT2D eigenvalue weighted by Gasteiger charge is -2.18. The molecule has 1 aliphatic heterocycles. The quantitative estimate of drug-likeness (QED) is 0.650. The lowest BCUT2D eigenvalue weighted by atomic mass is 9.97. The van der Waals surface area contributed by atoms with Crippen LogP contribution >= 0.6 is 0 Å². The molecule has 30 heavy (non-hydrogen) atoms. The SMILES string of the molecule is COc1ccc(-c2cccc3c2CCN3C(=O)c2ccc(C=O)c(O)c2)cc1OC. The van der Waals surface area contributed by atoms with E-state index in [-0.39, 0.29) is 17.2 Å². The highest BCUT2D eigenvalue weighted by molar-refractivity contribution is 6.08. The third-order valence-corrected chi connectivity index (χ3v) is 5.37. The summed E-state index contributed by atoms with van der Waals surface area (Å²) >= 11 is 0. The molecular weight excluding hydrogens is 382 g/mol. The summed E-state index contributed by atoms with van der Waals surface area (Å²) in [6.45, 7) is 0.536. The molecule has 1 N–H and O–H groups in total. The smallest absolute Gasteiger partial charge is 0.258 e. The molecule has 4 rings (SSSR count). The van der Waals surface area contributed by atoms with Gasteiger partial charge in [-0.25, -0.2) is 0 Å². The summed E-state index contributed by atoms with van der Waals surface area (Å²) in [5.41, 5.74) is 4.42. The van der Waals surface area contributed by atoms with E-state index in [0.29, 0.717) is 36.3 Å². The number of carbonyl (C=O) groups is 2. The van der Waals surface area contributed by atoms with Crippen LogP contribution in [0.15, 0.2) is 54.6 Å². The van der Waals surface area contributed by atoms with Crippen LogP contribution in [0.25, 0.3) is 11.1 Å². The molecule has 0 saturated heterocycles. The first-order valence-electron chi connectivity index (χ1n) is 9.51. The van der Waals surface area contributed by atoms with E-state index in [2.05, 4.69) is 0 Å². The maximum absolute atomic E-state index is 13.1. The summed E-state index contributed by atoms with van der Waals surface area (Å²) in [5.74, 6) is 0.883. The Morgan fingerprint density at radius 2 is 1.83 bits per heavy atom. The van der Waals surface area contributed by atoms with E-state index in [1.165, 1.54) is 12.1 Å². The minimum absolute atomic E-state index is 0.157. The van der Waals surface area contributed by atoms with Gasteiger partial charge < -0.3 is 19.5 Å². The topological polar surface area (TPSA) is 76.1 Å². The molecule has 0 unspecified atom stereocenters. The number of hydrogen-bond donors (Lipinski definition) is 1. The van der Waals surface area contributed by atoms with Crippen LogP contribution < -0.4 is 14.4 Å². The fourth-order valence-corrected chi connectivity index (χ4v) is 3.85. The zero-order chi connectivity index (χ0) is 21.3. The van der Waals surface area contributed by atoms with Crippen LogP contribution in [0.1, 0.15) is 26.3 Å². The van der Waals surface area contributed by atoms with Crippen LogP contribution in [0.4, 0.5) is 5.69 Å². The molecule has 0 radical (unpaired) electrons. The van der Waals surface area contributed by atoms with Crippen molar-refractivity contribution in [3.05, 3.63) is 71.3 Å². The van der Waals surface area contributed by atoms with E-state index in [1.807, 2.05) is 36.4 Å². The fraction of sp³-hybridized carbons (Fsp3) is 0.167. The minimum Gasteiger partial charge on any atom is -0.507 e. The number of aromatic hydroxyl groups is 1. The highest BCUT2D eigenvalue weighted by Gasteiger charge is 2.28. The number of methoxy groups -OCH3 is 2. The molecule has 0 spiro atoms. The first-order valence-corrected chi connectivity index (χ1v) is 9.51. The van der Waals surface area contributed by atoms with Crippen molar-refractivity contribution in [3.8, 4) is 28.4 Å². The summed E-state index contributed by atoms with van der Waals surface area (Å²) in [7, 11) is 3.20. The maximum Gasteiger partial charge on any atom is 0.258 e. The second-order valence-corrected chi connectivity index (χ2v) is 6.97. The standard InChI is InChI=1S/C24H21NO5/c1-29-22-9-8-15(13-23(22)30-2)18-4-3-5-20-19(18)10-11-25(20)24(28)16-6-7-17(14-26)21(27)12-16/h3-9,12-14,27H,10-11H2,1-2H3. The number of benzene rings is 3. The fourth-order valence-electron chi connectivity index (χ4n) is 3.85. The minimum atomic E-state index is -0.217. The summed E-state index contributed by atoms with van der Waals surface area (Å²) in [5, 5.41) is 9.94. The second kappa shape index (κ2) is 7.91. The molecule has 1 amide bonds. The molecule has 3 aromatic rings. The monoisotopic (exact) mass is 403 g/mol. The first kappa shape index (κ1) is 19.5. The Morgan fingerprint density at radius 3 is 2.53 bits per heavy atom. The Bertz CT molecular complexity index is 1140. The van der Waals surface area contributed by atoms with Gasteiger partial charge in [0.2, 0.25) is 0 Å². The number of phenolic OH excluding ortho intramolecular Hbond substituents is 1. The number of fused-ring (bicyclic) bond motifs is 1. The number of hydrogen-bond acceptors (Lipinski definition) is 5. The van der Waals surface area contributed by atoms with Crippen LogP contribution in [0.2, 0.25) is 0 Å². The van der Waals surface area contributed by atoms with Gasteiger partial charge in [-0.2, -0.15) is 0 Å². The van der Waals surface area contributed by atoms with E-state index >= 15 is 0 Å². The van der Waals surface area contributed by atoms with Gasteiger partial charge in [0.25, 0.3) is 5.91 Å². The van der Waals surface area contributed by atoms with Crippen LogP contribution in [0.5, 0.6) is 17.2 Å². The molecule has 6 heteroatoms. The van der Waals surface area contributed by atoms with Crippen LogP contribution in [-0.2, 0) is 6.42 Å². The van der Waals surface area contributed by atoms with Crippen molar-refractivity contribution in [1.82, 2.24) is 0 Å². The molecule has 0 bridgehead atoms. The number of ether oxygens (including phenoxy) is 2. The van der Waals surface area contributed by atoms with Crippen molar-refractivity contribution in [2.24, 2.45) is 0 Å². The van der Waals surface area contributed by atoms with Crippen LogP contribution in [0, 0.1) is 0 Å². The number of phenols is 1. The molecule has 152 valence electrons. The number of nitrogens with zero attached hydrogens (tertiary/aromatic N) is 1. The number of rotatable bonds is 5. The third-order valence-electron chi connectivity index (χ3n) is 5.37. The largest absolute Gasteiger partial charge is 0.507 e. The summed E-state index contributed by atoms with van der Waals surface area (Å²) in [4.78, 5) is 25.7. The van der Waals surface area contributed by atoms with Gasteiger partial charge in [-0.3, -0.25) is 9.59 Å². The van der Waals surface area contributed by atoms with Crippen LogP contribution in [-0.4, -0.2) is 38.1 Å². The third kappa shape index (κ3) is 3.26. The van der Waals surface area contributed by atoms with Gasteiger partial charge in [-0.15, -0.1) is 0 Å². The number of anilines is 1. The Hall–Kier alpha value is -3.80. The predicted molar refractivity (Wildman–Crippen MR) is 114 cm³/mol. The summed E-state index contributed by atoms with van der Waals surface area (Å²) in [6.07, 6.45) is 1.27. The van der Waals surface area contributed by atoms with E-state index in [0.717, 1.165) is 22.4 Å². The molecule has 6 nitrogen and oxygen atoms in total. The molecule has 1 aliphatic rings. The van der Waals surface area contributed by atoms with Crippen molar-refractivity contribution >= 4 is 17.9 Å². The number of carbonyl (C=O) groups excluding carboxylic acids is 2. The Balaban J connectivity index is 1.71. The molecule has 1 heterocycles. The van der Waals surface area contributed by atoms with E-state index < -0.39 is 0 Å². The highest BCUT2D eigenvalue weighted by atomic mass is 16.5. The molecule has 3 aromatic carbocycles. The van der Waals surface area contributed by atoms with Crippen molar-refractivity contribution in [2.75, 3.05) is 25.7 Å². The van der Waals surface area contributed by atoms with E-state index in [4.69, 9.17) is 9.47 Å². The highest BCUT2D eigenvalue weighted by Crippen LogP contribution is 2.39. The Labute approximate surface area is 174 Å². The molecule has 0 aromatic heterocycles. The maximum atomic E-state index is 13.1. The molecule has 0 fully saturated rings. The van der Waals surface area contributed by atoms with E-state index in [9.17, 15) is 14.7 Å². The Kier molecular flexibility index (Phi) is 5.14. The van der Waals surface area contributed by atoms with Gasteiger partial charge in [0.05, 0.1) is 19.8 Å². The lowest BCUT2D eigenvalue weighted by Crippen LogP contribution is -2.28. The number of aldehydes is 1. The van der Waals surface area contributed by atoms with Crippen molar-refractivity contribution in [2.45, 2.75) is 6.42 Å². The first-order chi connectivity index (χ1) is 14.6.